The Labute approximate surface area is 117 Å². The summed E-state index contributed by atoms with van der Waals surface area (Å²) in [7, 11) is 3.32. The van der Waals surface area contributed by atoms with Gasteiger partial charge in [0.2, 0.25) is 5.91 Å². The average Bonchev–Trinajstić information content (AvgIpc) is 3.27. The van der Waals surface area contributed by atoms with Gasteiger partial charge in [0.05, 0.1) is 7.11 Å². The zero-order valence-electron chi connectivity index (χ0n) is 11.7. The van der Waals surface area contributed by atoms with Crippen molar-refractivity contribution in [3.8, 4) is 5.75 Å². The van der Waals surface area contributed by atoms with Gasteiger partial charge in [-0.3, -0.25) is 4.79 Å². The molecule has 3 N–H and O–H groups in total. The molecule has 0 bridgehead atoms. The third-order valence-corrected chi connectivity index (χ3v) is 3.66. The molecule has 0 radical (unpaired) electrons. The summed E-state index contributed by atoms with van der Waals surface area (Å²) < 4.78 is 5.16. The Kier molecular flexibility index (Phi) is 3.83. The molecule has 1 amide bonds. The van der Waals surface area contributed by atoms with Gasteiger partial charge < -0.3 is 20.6 Å². The van der Waals surface area contributed by atoms with Crippen molar-refractivity contribution in [1.82, 2.24) is 4.90 Å². The molecule has 0 spiro atoms. The lowest BCUT2D eigenvalue weighted by Gasteiger charge is -2.23. The topological polar surface area (TPSA) is 88.2 Å². The molecule has 6 heteroatoms. The Hall–Kier alpha value is -2.24. The fourth-order valence-electron chi connectivity index (χ4n) is 2.28. The highest BCUT2D eigenvalue weighted by Gasteiger charge is 2.55. The average molecular weight is 277 g/mol. The van der Waals surface area contributed by atoms with Crippen molar-refractivity contribution in [2.24, 2.45) is 16.3 Å². The smallest absolute Gasteiger partial charge is 0.236 e. The highest BCUT2D eigenvalue weighted by atomic mass is 16.5. The Morgan fingerprint density at radius 2 is 2.25 bits per heavy atom. The van der Waals surface area contributed by atoms with E-state index in [0.29, 0.717) is 19.4 Å². The lowest BCUT2D eigenvalue weighted by molar-refractivity contribution is -0.133. The molecule has 1 aromatic carbocycles. The van der Waals surface area contributed by atoms with E-state index in [9.17, 15) is 4.79 Å². The van der Waals surface area contributed by atoms with Gasteiger partial charge in [0, 0.05) is 13.6 Å². The minimum Gasteiger partial charge on any atom is -0.497 e. The molecule has 6 nitrogen and oxygen atoms in total. The summed E-state index contributed by atoms with van der Waals surface area (Å²) in [6, 6.07) is 7.54. The SMILES string of the molecule is COc1cccc(CN(C)C(=O)C2(/C(N)=N/O)CC2)c1. The Morgan fingerprint density at radius 3 is 2.80 bits per heavy atom. The summed E-state index contributed by atoms with van der Waals surface area (Å²) in [6.07, 6.45) is 1.26. The van der Waals surface area contributed by atoms with Crippen LogP contribution in [0, 0.1) is 5.41 Å². The van der Waals surface area contributed by atoms with E-state index in [1.807, 2.05) is 24.3 Å². The highest BCUT2D eigenvalue weighted by molar-refractivity contribution is 6.09. The molecule has 0 unspecified atom stereocenters. The van der Waals surface area contributed by atoms with E-state index in [-0.39, 0.29) is 11.7 Å². The normalized spacial score (nSPS) is 16.6. The van der Waals surface area contributed by atoms with E-state index >= 15 is 0 Å². The monoisotopic (exact) mass is 277 g/mol. The predicted molar refractivity (Wildman–Crippen MR) is 74.5 cm³/mol. The van der Waals surface area contributed by atoms with Crippen molar-refractivity contribution in [1.29, 1.82) is 0 Å². The molecular weight excluding hydrogens is 258 g/mol. The van der Waals surface area contributed by atoms with Crippen LogP contribution in [-0.4, -0.2) is 36.0 Å². The van der Waals surface area contributed by atoms with Crippen LogP contribution >= 0.6 is 0 Å². The van der Waals surface area contributed by atoms with Crippen molar-refractivity contribution in [2.75, 3.05) is 14.2 Å². The maximum Gasteiger partial charge on any atom is 0.236 e. The van der Waals surface area contributed by atoms with E-state index in [0.717, 1.165) is 11.3 Å². The first kappa shape index (κ1) is 14.2. The zero-order chi connectivity index (χ0) is 14.8. The number of ether oxygens (including phenoxy) is 1. The number of oxime groups is 1. The molecule has 20 heavy (non-hydrogen) atoms. The Balaban J connectivity index is 2.08. The van der Waals surface area contributed by atoms with Crippen molar-refractivity contribution in [2.45, 2.75) is 19.4 Å². The van der Waals surface area contributed by atoms with Gasteiger partial charge in [0.1, 0.15) is 11.2 Å². The van der Waals surface area contributed by atoms with Gasteiger partial charge in [-0.25, -0.2) is 0 Å². The Bertz CT molecular complexity index is 538. The second kappa shape index (κ2) is 5.40. The molecule has 2 rings (SSSR count). The van der Waals surface area contributed by atoms with Gasteiger partial charge >= 0.3 is 0 Å². The maximum atomic E-state index is 12.4. The lowest BCUT2D eigenvalue weighted by Crippen LogP contribution is -2.41. The number of methoxy groups -OCH3 is 1. The van der Waals surface area contributed by atoms with Crippen LogP contribution in [0.4, 0.5) is 0 Å². The molecule has 0 aliphatic heterocycles. The van der Waals surface area contributed by atoms with E-state index in [1.165, 1.54) is 0 Å². The summed E-state index contributed by atoms with van der Waals surface area (Å²) >= 11 is 0. The number of nitrogens with two attached hydrogens (primary N) is 1. The van der Waals surface area contributed by atoms with Crippen LogP contribution in [0.25, 0.3) is 0 Å². The molecule has 1 aliphatic rings. The third-order valence-electron chi connectivity index (χ3n) is 3.66. The molecule has 0 aromatic heterocycles. The molecule has 0 atom stereocenters. The minimum atomic E-state index is -0.803. The zero-order valence-corrected chi connectivity index (χ0v) is 11.7. The molecule has 0 saturated heterocycles. The minimum absolute atomic E-state index is 0.00000719. The summed E-state index contributed by atoms with van der Waals surface area (Å²) in [6.45, 7) is 0.455. The summed E-state index contributed by atoms with van der Waals surface area (Å²) in [5, 5.41) is 11.8. The lowest BCUT2D eigenvalue weighted by atomic mass is 10.0. The number of carbonyl (C=O) groups excluding carboxylic acids is 1. The molecule has 1 fully saturated rings. The summed E-state index contributed by atoms with van der Waals surface area (Å²) in [5.41, 5.74) is 5.79. The van der Waals surface area contributed by atoms with Crippen LogP contribution in [0.5, 0.6) is 5.75 Å². The number of amides is 1. The number of hydrogen-bond donors (Lipinski definition) is 2. The molecule has 0 heterocycles. The number of rotatable bonds is 5. The first-order valence-electron chi connectivity index (χ1n) is 6.40. The third kappa shape index (κ3) is 2.54. The van der Waals surface area contributed by atoms with Crippen LogP contribution in [-0.2, 0) is 11.3 Å². The van der Waals surface area contributed by atoms with Gasteiger partial charge in [-0.2, -0.15) is 0 Å². The second-order valence-electron chi connectivity index (χ2n) is 5.08. The highest BCUT2D eigenvalue weighted by Crippen LogP contribution is 2.47. The van der Waals surface area contributed by atoms with Gasteiger partial charge in [-0.1, -0.05) is 17.3 Å². The van der Waals surface area contributed by atoms with Crippen molar-refractivity contribution in [3.63, 3.8) is 0 Å². The largest absolute Gasteiger partial charge is 0.497 e. The number of carbonyl (C=O) groups is 1. The van der Waals surface area contributed by atoms with E-state index in [4.69, 9.17) is 15.7 Å². The van der Waals surface area contributed by atoms with E-state index in [1.54, 1.807) is 19.1 Å². The molecular formula is C14H19N3O3. The molecule has 1 saturated carbocycles. The second-order valence-corrected chi connectivity index (χ2v) is 5.08. The first-order valence-corrected chi connectivity index (χ1v) is 6.40. The van der Waals surface area contributed by atoms with Crippen molar-refractivity contribution in [3.05, 3.63) is 29.8 Å². The van der Waals surface area contributed by atoms with Crippen LogP contribution in [0.3, 0.4) is 0 Å². The standard InChI is InChI=1S/C14H19N3O3/c1-17(9-10-4-3-5-11(8-10)20-2)13(18)14(6-7-14)12(15)16-19/h3-5,8,19H,6-7,9H2,1-2H3,(H2,15,16). The first-order chi connectivity index (χ1) is 9.53. The number of nitrogens with zero attached hydrogens (tertiary/aromatic N) is 2. The number of benzene rings is 1. The van der Waals surface area contributed by atoms with Crippen LogP contribution in [0.1, 0.15) is 18.4 Å². The van der Waals surface area contributed by atoms with Gasteiger partial charge in [-0.15, -0.1) is 0 Å². The maximum absolute atomic E-state index is 12.4. The fraction of sp³-hybridized carbons (Fsp3) is 0.429. The van der Waals surface area contributed by atoms with Gasteiger partial charge in [0.25, 0.3) is 0 Å². The Morgan fingerprint density at radius 1 is 1.55 bits per heavy atom. The van der Waals surface area contributed by atoms with E-state index < -0.39 is 5.41 Å². The van der Waals surface area contributed by atoms with Gasteiger partial charge in [-0.05, 0) is 30.5 Å². The summed E-state index contributed by atoms with van der Waals surface area (Å²) in [4.78, 5) is 14.0. The number of hydrogen-bond acceptors (Lipinski definition) is 4. The summed E-state index contributed by atoms with van der Waals surface area (Å²) in [5.74, 6) is 0.636. The van der Waals surface area contributed by atoms with E-state index in [2.05, 4.69) is 5.16 Å². The molecule has 1 aromatic rings. The van der Waals surface area contributed by atoms with Crippen molar-refractivity contribution >= 4 is 11.7 Å². The quantitative estimate of drug-likeness (QED) is 0.366. The predicted octanol–water partition coefficient (Wildman–Crippen LogP) is 1.18. The van der Waals surface area contributed by atoms with Crippen molar-refractivity contribution < 1.29 is 14.7 Å². The number of amidine groups is 1. The fourth-order valence-corrected chi connectivity index (χ4v) is 2.28. The van der Waals surface area contributed by atoms with Gasteiger partial charge in [0.15, 0.2) is 5.84 Å². The van der Waals surface area contributed by atoms with Crippen LogP contribution in [0.2, 0.25) is 0 Å². The van der Waals surface area contributed by atoms with Crippen LogP contribution < -0.4 is 10.5 Å². The van der Waals surface area contributed by atoms with Crippen LogP contribution in [0.15, 0.2) is 29.4 Å². The molecule has 108 valence electrons. The molecule has 1 aliphatic carbocycles.